The van der Waals surface area contributed by atoms with Crippen molar-refractivity contribution in [2.45, 2.75) is 64.3 Å². The van der Waals surface area contributed by atoms with Crippen LogP contribution >= 0.6 is 24.0 Å². The highest BCUT2D eigenvalue weighted by Crippen LogP contribution is 2.26. The molecular weight excluding hydrogens is 403 g/mol. The van der Waals surface area contributed by atoms with Crippen LogP contribution in [0.2, 0.25) is 0 Å². The maximum atomic E-state index is 5.90. The first-order valence-electron chi connectivity index (χ1n) is 8.77. The molecule has 0 amide bonds. The second kappa shape index (κ2) is 9.44. The second-order valence-corrected chi connectivity index (χ2v) is 6.55. The molecule has 23 heavy (non-hydrogen) atoms. The Labute approximate surface area is 155 Å². The first-order chi connectivity index (χ1) is 10.8. The van der Waals surface area contributed by atoms with Gasteiger partial charge in [-0.3, -0.25) is 4.99 Å². The highest BCUT2D eigenvalue weighted by molar-refractivity contribution is 14.0. The van der Waals surface area contributed by atoms with Crippen molar-refractivity contribution in [3.8, 4) is 0 Å². The molecule has 6 nitrogen and oxygen atoms in total. The molecule has 1 aromatic heterocycles. The van der Waals surface area contributed by atoms with E-state index in [1.165, 1.54) is 44.3 Å². The summed E-state index contributed by atoms with van der Waals surface area (Å²) in [5, 5.41) is 11.9. The van der Waals surface area contributed by atoms with Crippen molar-refractivity contribution < 1.29 is 0 Å². The maximum absolute atomic E-state index is 5.90. The number of rotatable bonds is 6. The maximum Gasteiger partial charge on any atom is 0.188 e. The number of aliphatic imine (C=N–C) groups is 1. The van der Waals surface area contributed by atoms with Gasteiger partial charge in [0.05, 0.1) is 0 Å². The monoisotopic (exact) mass is 432 g/mol. The van der Waals surface area contributed by atoms with Gasteiger partial charge in [-0.05, 0) is 38.0 Å². The van der Waals surface area contributed by atoms with E-state index >= 15 is 0 Å². The Bertz CT molecular complexity index is 509. The van der Waals surface area contributed by atoms with Crippen LogP contribution in [0.4, 0.5) is 0 Å². The predicted molar refractivity (Wildman–Crippen MR) is 103 cm³/mol. The molecule has 2 heterocycles. The molecule has 0 bridgehead atoms. The van der Waals surface area contributed by atoms with Gasteiger partial charge in [-0.15, -0.1) is 34.2 Å². The molecule has 0 spiro atoms. The fourth-order valence-electron chi connectivity index (χ4n) is 3.15. The highest BCUT2D eigenvalue weighted by Gasteiger charge is 2.16. The van der Waals surface area contributed by atoms with Crippen LogP contribution in [0.1, 0.15) is 56.6 Å². The lowest BCUT2D eigenvalue weighted by Crippen LogP contribution is -2.33. The number of fused-ring (bicyclic) bond motifs is 1. The molecule has 7 heteroatoms. The van der Waals surface area contributed by atoms with E-state index < -0.39 is 0 Å². The van der Waals surface area contributed by atoms with Gasteiger partial charge in [0.15, 0.2) is 5.96 Å². The Morgan fingerprint density at radius 3 is 2.87 bits per heavy atom. The SMILES string of the molecule is I.NC(=NCC1CCC1)NCCCc1nnc2n1CCCCC2. The number of nitrogens with two attached hydrogens (primary N) is 1. The smallest absolute Gasteiger partial charge is 0.188 e. The van der Waals surface area contributed by atoms with Gasteiger partial charge in [-0.25, -0.2) is 0 Å². The molecule has 3 rings (SSSR count). The molecule has 2 aliphatic rings. The summed E-state index contributed by atoms with van der Waals surface area (Å²) in [6, 6.07) is 0. The zero-order valence-electron chi connectivity index (χ0n) is 13.8. The van der Waals surface area contributed by atoms with Gasteiger partial charge in [0.2, 0.25) is 0 Å². The minimum atomic E-state index is 0. The zero-order valence-corrected chi connectivity index (χ0v) is 16.2. The molecule has 1 saturated carbocycles. The summed E-state index contributed by atoms with van der Waals surface area (Å²) >= 11 is 0. The van der Waals surface area contributed by atoms with Crippen LogP contribution in [-0.4, -0.2) is 33.8 Å². The van der Waals surface area contributed by atoms with Crippen molar-refractivity contribution >= 4 is 29.9 Å². The van der Waals surface area contributed by atoms with E-state index in [1.807, 2.05) is 0 Å². The summed E-state index contributed by atoms with van der Waals surface area (Å²) in [7, 11) is 0. The van der Waals surface area contributed by atoms with E-state index in [4.69, 9.17) is 5.73 Å². The Morgan fingerprint density at radius 2 is 2.09 bits per heavy atom. The average Bonchev–Trinajstić information content (AvgIpc) is 2.69. The van der Waals surface area contributed by atoms with E-state index in [0.29, 0.717) is 5.96 Å². The molecule has 130 valence electrons. The molecule has 0 atom stereocenters. The van der Waals surface area contributed by atoms with Crippen LogP contribution in [0.15, 0.2) is 4.99 Å². The number of aryl methyl sites for hydroxylation is 2. The molecule has 1 fully saturated rings. The minimum absolute atomic E-state index is 0. The largest absolute Gasteiger partial charge is 0.370 e. The van der Waals surface area contributed by atoms with Gasteiger partial charge in [-0.2, -0.15) is 0 Å². The average molecular weight is 432 g/mol. The van der Waals surface area contributed by atoms with Gasteiger partial charge in [0, 0.05) is 32.5 Å². The Balaban J connectivity index is 0.00000192. The van der Waals surface area contributed by atoms with Crippen molar-refractivity contribution in [1.29, 1.82) is 0 Å². The van der Waals surface area contributed by atoms with Crippen LogP contribution in [-0.2, 0) is 19.4 Å². The van der Waals surface area contributed by atoms with E-state index in [1.54, 1.807) is 0 Å². The summed E-state index contributed by atoms with van der Waals surface area (Å²) in [4.78, 5) is 4.41. The van der Waals surface area contributed by atoms with E-state index in [-0.39, 0.29) is 24.0 Å². The van der Waals surface area contributed by atoms with Crippen molar-refractivity contribution in [2.24, 2.45) is 16.6 Å². The Kier molecular flexibility index (Phi) is 7.58. The molecule has 1 aromatic rings. The molecule has 0 saturated heterocycles. The Hall–Kier alpha value is -0.860. The topological polar surface area (TPSA) is 81.1 Å². The standard InChI is InChI=1S/C16H28N6.HI/c17-16(19-12-13-6-4-7-13)18-10-5-9-15-21-20-14-8-2-1-3-11-22(14)15;/h13H,1-12H2,(H3,17,18,19);1H. The first kappa shape index (κ1) is 18.5. The van der Waals surface area contributed by atoms with Crippen molar-refractivity contribution in [3.05, 3.63) is 11.6 Å². The van der Waals surface area contributed by atoms with Crippen LogP contribution in [0, 0.1) is 5.92 Å². The summed E-state index contributed by atoms with van der Waals surface area (Å²) in [5.74, 6) is 3.66. The van der Waals surface area contributed by atoms with E-state index in [0.717, 1.165) is 50.6 Å². The summed E-state index contributed by atoms with van der Waals surface area (Å²) in [6.07, 6.45) is 10.8. The second-order valence-electron chi connectivity index (χ2n) is 6.55. The normalized spacial score (nSPS) is 18.5. The molecule has 1 aliphatic carbocycles. The van der Waals surface area contributed by atoms with E-state index in [2.05, 4.69) is 25.1 Å². The van der Waals surface area contributed by atoms with E-state index in [9.17, 15) is 0 Å². The minimum Gasteiger partial charge on any atom is -0.370 e. The van der Waals surface area contributed by atoms with Gasteiger partial charge >= 0.3 is 0 Å². The third-order valence-corrected chi connectivity index (χ3v) is 4.81. The van der Waals surface area contributed by atoms with Crippen LogP contribution in [0.25, 0.3) is 0 Å². The third-order valence-electron chi connectivity index (χ3n) is 4.81. The van der Waals surface area contributed by atoms with Crippen LogP contribution in [0.5, 0.6) is 0 Å². The lowest BCUT2D eigenvalue weighted by Gasteiger charge is -2.23. The fourth-order valence-corrected chi connectivity index (χ4v) is 3.15. The molecule has 0 radical (unpaired) electrons. The van der Waals surface area contributed by atoms with Gasteiger partial charge in [0.1, 0.15) is 11.6 Å². The quantitative estimate of drug-likeness (QED) is 0.313. The lowest BCUT2D eigenvalue weighted by molar-refractivity contribution is 0.326. The van der Waals surface area contributed by atoms with Gasteiger partial charge in [0.25, 0.3) is 0 Å². The highest BCUT2D eigenvalue weighted by atomic mass is 127. The zero-order chi connectivity index (χ0) is 15.2. The van der Waals surface area contributed by atoms with Gasteiger partial charge in [-0.1, -0.05) is 12.8 Å². The third kappa shape index (κ3) is 5.32. The number of aromatic nitrogens is 3. The van der Waals surface area contributed by atoms with Crippen LogP contribution in [0.3, 0.4) is 0 Å². The van der Waals surface area contributed by atoms with Crippen molar-refractivity contribution in [1.82, 2.24) is 20.1 Å². The number of hydrogen-bond acceptors (Lipinski definition) is 3. The number of nitrogens with zero attached hydrogens (tertiary/aromatic N) is 4. The first-order valence-corrected chi connectivity index (χ1v) is 8.77. The number of hydrogen-bond donors (Lipinski definition) is 2. The number of nitrogens with one attached hydrogen (secondary N) is 1. The summed E-state index contributed by atoms with van der Waals surface area (Å²) in [5.41, 5.74) is 5.90. The molecule has 1 aliphatic heterocycles. The molecule has 0 aromatic carbocycles. The molecule has 3 N–H and O–H groups in total. The van der Waals surface area contributed by atoms with Gasteiger partial charge < -0.3 is 15.6 Å². The lowest BCUT2D eigenvalue weighted by atomic mass is 9.86. The fraction of sp³-hybridized carbons (Fsp3) is 0.812. The summed E-state index contributed by atoms with van der Waals surface area (Å²) in [6.45, 7) is 2.81. The van der Waals surface area contributed by atoms with Crippen LogP contribution < -0.4 is 11.1 Å². The molecule has 0 unspecified atom stereocenters. The number of guanidine groups is 1. The van der Waals surface area contributed by atoms with Crippen molar-refractivity contribution in [3.63, 3.8) is 0 Å². The summed E-state index contributed by atoms with van der Waals surface area (Å²) < 4.78 is 2.32. The van der Waals surface area contributed by atoms with Crippen molar-refractivity contribution in [2.75, 3.05) is 13.1 Å². The predicted octanol–water partition coefficient (Wildman–Crippen LogP) is 2.26. The Morgan fingerprint density at radius 1 is 1.22 bits per heavy atom. The number of halogens is 1. The molecular formula is C16H29IN6.